The zero-order chi connectivity index (χ0) is 19.8. The lowest BCUT2D eigenvalue weighted by atomic mass is 10.00. The molecule has 0 saturated carbocycles. The van der Waals surface area contributed by atoms with Crippen LogP contribution in [0.1, 0.15) is 50.2 Å². The molecular formula is C24H30N2O2. The van der Waals surface area contributed by atoms with E-state index in [1.54, 1.807) is 5.48 Å². The predicted molar refractivity (Wildman–Crippen MR) is 116 cm³/mol. The van der Waals surface area contributed by atoms with E-state index in [9.17, 15) is 4.79 Å². The Labute approximate surface area is 167 Å². The summed E-state index contributed by atoms with van der Waals surface area (Å²) in [5.41, 5.74) is 8.22. The smallest absolute Gasteiger partial charge is 0.243 e. The van der Waals surface area contributed by atoms with Gasteiger partial charge in [-0.25, -0.2) is 5.48 Å². The van der Waals surface area contributed by atoms with E-state index in [0.29, 0.717) is 6.42 Å². The Kier molecular flexibility index (Phi) is 7.26. The van der Waals surface area contributed by atoms with Crippen molar-refractivity contribution in [2.45, 2.75) is 45.4 Å². The number of hydroxylamine groups is 1. The summed E-state index contributed by atoms with van der Waals surface area (Å²) in [6.45, 7) is 4.19. The third-order valence-corrected chi connectivity index (χ3v) is 5.44. The van der Waals surface area contributed by atoms with Crippen molar-refractivity contribution in [1.82, 2.24) is 5.48 Å². The summed E-state index contributed by atoms with van der Waals surface area (Å²) in [7, 11) is 0. The molecule has 2 N–H and O–H groups in total. The van der Waals surface area contributed by atoms with Crippen LogP contribution in [-0.2, 0) is 11.2 Å². The number of unbranched alkanes of at least 4 members (excludes halogenated alkanes) is 3. The summed E-state index contributed by atoms with van der Waals surface area (Å²) >= 11 is 0. The van der Waals surface area contributed by atoms with Crippen LogP contribution in [0.4, 0.5) is 5.69 Å². The monoisotopic (exact) mass is 378 g/mol. The van der Waals surface area contributed by atoms with E-state index in [4.69, 9.17) is 5.21 Å². The van der Waals surface area contributed by atoms with E-state index in [0.717, 1.165) is 45.2 Å². The van der Waals surface area contributed by atoms with E-state index in [2.05, 4.69) is 66.4 Å². The quantitative estimate of drug-likeness (QED) is 0.339. The Hall–Kier alpha value is -2.59. The van der Waals surface area contributed by atoms with Gasteiger partial charge in [-0.05, 0) is 66.6 Å². The second-order valence-electron chi connectivity index (χ2n) is 7.35. The Morgan fingerprint density at radius 3 is 2.54 bits per heavy atom. The van der Waals surface area contributed by atoms with E-state index >= 15 is 0 Å². The van der Waals surface area contributed by atoms with Crippen LogP contribution in [0.3, 0.4) is 0 Å². The van der Waals surface area contributed by atoms with Crippen LogP contribution in [-0.4, -0.2) is 24.2 Å². The fraction of sp³-hybridized carbons (Fsp3) is 0.375. The Morgan fingerprint density at radius 2 is 1.79 bits per heavy atom. The predicted octanol–water partition coefficient (Wildman–Crippen LogP) is 5.21. The largest absolute Gasteiger partial charge is 0.372 e. The number of benzene rings is 2. The highest BCUT2D eigenvalue weighted by molar-refractivity contribution is 5.74. The maximum absolute atomic E-state index is 11.0. The Bertz CT molecular complexity index is 812. The number of hydrogen-bond acceptors (Lipinski definition) is 3. The average molecular weight is 379 g/mol. The Balaban J connectivity index is 1.51. The minimum absolute atomic E-state index is 0.297. The molecule has 0 fully saturated rings. The van der Waals surface area contributed by atoms with Gasteiger partial charge in [0.2, 0.25) is 5.91 Å². The second-order valence-corrected chi connectivity index (χ2v) is 7.35. The molecule has 0 unspecified atom stereocenters. The zero-order valence-electron chi connectivity index (χ0n) is 16.7. The first-order chi connectivity index (χ1) is 13.7. The number of anilines is 1. The molecule has 0 heterocycles. The SMILES string of the molecule is CCN(CCCCCCC(=O)NO)c1ccc(-c2ccc3c(c2)C=CC3)cc1. The zero-order valence-corrected chi connectivity index (χ0v) is 16.7. The number of carbonyl (C=O) groups excluding carboxylic acids is 1. The fourth-order valence-corrected chi connectivity index (χ4v) is 3.76. The Morgan fingerprint density at radius 1 is 1.04 bits per heavy atom. The van der Waals surface area contributed by atoms with Gasteiger partial charge < -0.3 is 4.90 Å². The van der Waals surface area contributed by atoms with Gasteiger partial charge in [0.15, 0.2) is 0 Å². The molecular weight excluding hydrogens is 348 g/mol. The number of hydrogen-bond donors (Lipinski definition) is 2. The molecule has 1 aliphatic rings. The third kappa shape index (κ3) is 5.23. The number of nitrogens with one attached hydrogen (secondary N) is 1. The van der Waals surface area contributed by atoms with Crippen molar-refractivity contribution in [2.75, 3.05) is 18.0 Å². The summed E-state index contributed by atoms with van der Waals surface area (Å²) in [5, 5.41) is 8.49. The van der Waals surface area contributed by atoms with Crippen LogP contribution in [0.15, 0.2) is 48.5 Å². The number of amides is 1. The van der Waals surface area contributed by atoms with Crippen molar-refractivity contribution in [3.8, 4) is 11.1 Å². The van der Waals surface area contributed by atoms with Gasteiger partial charge in [0, 0.05) is 25.2 Å². The maximum atomic E-state index is 11.0. The normalized spacial score (nSPS) is 12.1. The minimum atomic E-state index is -0.297. The van der Waals surface area contributed by atoms with Crippen LogP contribution >= 0.6 is 0 Å². The molecule has 0 radical (unpaired) electrons. The van der Waals surface area contributed by atoms with Gasteiger partial charge >= 0.3 is 0 Å². The average Bonchev–Trinajstić information content (AvgIpc) is 3.21. The molecule has 28 heavy (non-hydrogen) atoms. The van der Waals surface area contributed by atoms with Gasteiger partial charge in [-0.3, -0.25) is 10.0 Å². The van der Waals surface area contributed by atoms with Crippen molar-refractivity contribution in [1.29, 1.82) is 0 Å². The number of rotatable bonds is 10. The molecule has 4 nitrogen and oxygen atoms in total. The van der Waals surface area contributed by atoms with Gasteiger partial charge in [0.25, 0.3) is 0 Å². The second kappa shape index (κ2) is 10.1. The van der Waals surface area contributed by atoms with Gasteiger partial charge in [-0.2, -0.15) is 0 Å². The molecule has 2 aromatic carbocycles. The molecule has 0 atom stereocenters. The summed E-state index contributed by atoms with van der Waals surface area (Å²) in [5.74, 6) is -0.297. The summed E-state index contributed by atoms with van der Waals surface area (Å²) in [6.07, 6.45) is 9.91. The maximum Gasteiger partial charge on any atom is 0.243 e. The first-order valence-electron chi connectivity index (χ1n) is 10.3. The first-order valence-corrected chi connectivity index (χ1v) is 10.3. The molecule has 4 heteroatoms. The van der Waals surface area contributed by atoms with Crippen molar-refractivity contribution in [3.63, 3.8) is 0 Å². The van der Waals surface area contributed by atoms with Gasteiger partial charge in [-0.1, -0.05) is 49.3 Å². The molecule has 0 aromatic heterocycles. The van der Waals surface area contributed by atoms with Crippen LogP contribution in [0.5, 0.6) is 0 Å². The minimum Gasteiger partial charge on any atom is -0.372 e. The lowest BCUT2D eigenvalue weighted by Gasteiger charge is -2.23. The van der Waals surface area contributed by atoms with Crippen molar-refractivity contribution >= 4 is 17.7 Å². The van der Waals surface area contributed by atoms with Crippen LogP contribution < -0.4 is 10.4 Å². The highest BCUT2D eigenvalue weighted by atomic mass is 16.5. The standard InChI is InChI=1S/C24H30N2O2/c1-2-26(17-6-4-3-5-10-24(27)25-28)23-15-13-20(14-16-23)22-12-11-19-8-7-9-21(19)18-22/h7,9,11-16,18,28H,2-6,8,10,17H2,1H3,(H,25,27). The number of allylic oxidation sites excluding steroid dienone is 1. The van der Waals surface area contributed by atoms with E-state index < -0.39 is 0 Å². The summed E-state index contributed by atoms with van der Waals surface area (Å²) in [6, 6.07) is 15.6. The highest BCUT2D eigenvalue weighted by Gasteiger charge is 2.08. The fourth-order valence-electron chi connectivity index (χ4n) is 3.76. The lowest BCUT2D eigenvalue weighted by Crippen LogP contribution is -2.23. The molecule has 148 valence electrons. The summed E-state index contributed by atoms with van der Waals surface area (Å²) in [4.78, 5) is 13.4. The molecule has 3 rings (SSSR count). The molecule has 0 saturated heterocycles. The van der Waals surface area contributed by atoms with Crippen molar-refractivity contribution < 1.29 is 10.0 Å². The topological polar surface area (TPSA) is 52.6 Å². The van der Waals surface area contributed by atoms with E-state index in [1.165, 1.54) is 27.9 Å². The number of fused-ring (bicyclic) bond motifs is 1. The molecule has 0 aliphatic heterocycles. The summed E-state index contributed by atoms with van der Waals surface area (Å²) < 4.78 is 0. The number of carbonyl (C=O) groups is 1. The van der Waals surface area contributed by atoms with Gasteiger partial charge in [-0.15, -0.1) is 0 Å². The first kappa shape index (κ1) is 20.2. The highest BCUT2D eigenvalue weighted by Crippen LogP contribution is 2.28. The number of nitrogens with zero attached hydrogens (tertiary/aromatic N) is 1. The molecule has 0 bridgehead atoms. The molecule has 1 aliphatic carbocycles. The van der Waals surface area contributed by atoms with Gasteiger partial charge in [0.1, 0.15) is 0 Å². The lowest BCUT2D eigenvalue weighted by molar-refractivity contribution is -0.129. The van der Waals surface area contributed by atoms with E-state index in [-0.39, 0.29) is 5.91 Å². The van der Waals surface area contributed by atoms with Gasteiger partial charge in [0.05, 0.1) is 0 Å². The van der Waals surface area contributed by atoms with Crippen LogP contribution in [0, 0.1) is 0 Å². The third-order valence-electron chi connectivity index (χ3n) is 5.44. The van der Waals surface area contributed by atoms with Crippen molar-refractivity contribution in [2.24, 2.45) is 0 Å². The van der Waals surface area contributed by atoms with E-state index in [1.807, 2.05) is 0 Å². The van der Waals surface area contributed by atoms with Crippen LogP contribution in [0.25, 0.3) is 17.2 Å². The molecule has 1 amide bonds. The molecule has 2 aromatic rings. The molecule has 0 spiro atoms. The van der Waals surface area contributed by atoms with Crippen molar-refractivity contribution in [3.05, 3.63) is 59.7 Å². The van der Waals surface area contributed by atoms with Crippen LogP contribution in [0.2, 0.25) is 0 Å².